The zero-order chi connectivity index (χ0) is 51.8. The number of benzene rings is 2. The summed E-state index contributed by atoms with van der Waals surface area (Å²) < 4.78 is 69.2. The van der Waals surface area contributed by atoms with Gasteiger partial charge in [0.25, 0.3) is 21.8 Å². The first-order chi connectivity index (χ1) is 35.6. The van der Waals surface area contributed by atoms with E-state index in [2.05, 4.69) is 72.8 Å². The van der Waals surface area contributed by atoms with Crippen LogP contribution in [0.1, 0.15) is 129 Å². The number of fused-ring (bicyclic) bond motifs is 1. The Hall–Kier alpha value is -5.17. The highest BCUT2D eigenvalue weighted by atomic mass is 32.2. The number of carbonyl (C=O) groups excluding carboxylic acids is 1. The molecule has 3 saturated heterocycles. The lowest BCUT2D eigenvalue weighted by Gasteiger charge is -2.58. The monoisotopic (exact) mass is 1040 g/mol. The van der Waals surface area contributed by atoms with Crippen molar-refractivity contribution in [3.05, 3.63) is 100 Å². The maximum absolute atomic E-state index is 15.0. The van der Waals surface area contributed by atoms with E-state index in [0.29, 0.717) is 74.2 Å². The molecule has 2 atom stereocenters. The summed E-state index contributed by atoms with van der Waals surface area (Å²) >= 11 is 0. The van der Waals surface area contributed by atoms with E-state index in [1.807, 2.05) is 19.9 Å². The summed E-state index contributed by atoms with van der Waals surface area (Å²) in [6.07, 6.45) is 11.1. The van der Waals surface area contributed by atoms with Gasteiger partial charge in [-0.1, -0.05) is 45.0 Å². The van der Waals surface area contributed by atoms with Crippen LogP contribution < -0.4 is 24.4 Å². The number of aliphatic hydroxyl groups is 1. The summed E-state index contributed by atoms with van der Waals surface area (Å²) in [5, 5.41) is 13.8. The van der Waals surface area contributed by atoms with Crippen LogP contribution >= 0.6 is 0 Å². The molecule has 5 heterocycles. The lowest BCUT2D eigenvalue weighted by molar-refractivity contribution is -0.109. The van der Waals surface area contributed by atoms with Crippen LogP contribution in [0.3, 0.4) is 0 Å². The van der Waals surface area contributed by atoms with Crippen LogP contribution in [0.5, 0.6) is 17.4 Å². The molecule has 2 saturated carbocycles. The van der Waals surface area contributed by atoms with E-state index in [4.69, 9.17) is 18.9 Å². The van der Waals surface area contributed by atoms with Gasteiger partial charge in [0.05, 0.1) is 49.9 Å². The number of rotatable bonds is 16. The van der Waals surface area contributed by atoms with Crippen LogP contribution in [0.25, 0.3) is 5.83 Å². The maximum atomic E-state index is 15.0. The van der Waals surface area contributed by atoms with Gasteiger partial charge >= 0.3 is 0 Å². The number of piperazine rings is 1. The minimum atomic E-state index is -4.40. The Kier molecular flexibility index (Phi) is 15.4. The third-order valence-electron chi connectivity index (χ3n) is 16.8. The Balaban J connectivity index is 0.846. The highest BCUT2D eigenvalue weighted by molar-refractivity contribution is 7.90. The summed E-state index contributed by atoms with van der Waals surface area (Å²) in [6, 6.07) is 18.0. The SMILES string of the molecule is CCc1cc(S(=O)(=O)NC(=O)c2ccc(N3CCC4(CC3)CC(N3CCN(C[C@@H]5COCCO5)C[C@H]3c3ccccc3C(C)C)C4)cc2Oc2cc3c(nc2OC)CC=C3F)cnc1NCC1CCC(C)(O)CC1. The number of carbonyl (C=O) groups is 1. The smallest absolute Gasteiger partial charge is 0.268 e. The lowest BCUT2D eigenvalue weighted by Crippen LogP contribution is -2.60. The fraction of sp³-hybridized carbons (Fsp3) is 0.561. The fourth-order valence-corrected chi connectivity index (χ4v) is 13.3. The maximum Gasteiger partial charge on any atom is 0.268 e. The molecular weight excluding hydrogens is 962 g/mol. The summed E-state index contributed by atoms with van der Waals surface area (Å²) in [5.74, 6) is 0.328. The number of nitrogens with zero attached hydrogens (tertiary/aromatic N) is 5. The molecule has 3 aliphatic carbocycles. The average Bonchev–Trinajstić information content (AvgIpc) is 3.76. The third-order valence-corrected chi connectivity index (χ3v) is 18.1. The molecule has 17 heteroatoms. The first kappa shape index (κ1) is 52.3. The van der Waals surface area contributed by atoms with Gasteiger partial charge in [-0.15, -0.1) is 0 Å². The van der Waals surface area contributed by atoms with Crippen LogP contribution in [0.15, 0.2) is 71.8 Å². The topological polar surface area (TPSA) is 168 Å². The predicted octanol–water partition coefficient (Wildman–Crippen LogP) is 8.82. The molecule has 2 aromatic heterocycles. The van der Waals surface area contributed by atoms with Crippen molar-refractivity contribution in [1.82, 2.24) is 24.5 Å². The van der Waals surface area contributed by atoms with E-state index < -0.39 is 27.4 Å². The second kappa shape index (κ2) is 21.8. The third kappa shape index (κ3) is 11.3. The molecule has 5 fully saturated rings. The van der Waals surface area contributed by atoms with Gasteiger partial charge in [-0.2, -0.15) is 0 Å². The molecule has 1 amide bonds. The molecule has 3 aliphatic heterocycles. The highest BCUT2D eigenvalue weighted by Gasteiger charge is 2.50. The largest absolute Gasteiger partial charge is 0.478 e. The van der Waals surface area contributed by atoms with E-state index in [1.54, 1.807) is 18.2 Å². The second-order valence-electron chi connectivity index (χ2n) is 22.2. The quantitative estimate of drug-likeness (QED) is 0.0974. The fourth-order valence-electron chi connectivity index (χ4n) is 12.4. The molecule has 1 spiro atoms. The van der Waals surface area contributed by atoms with E-state index >= 15 is 0 Å². The van der Waals surface area contributed by atoms with Crippen LogP contribution in [0.2, 0.25) is 0 Å². The zero-order valence-corrected chi connectivity index (χ0v) is 44.5. The molecule has 74 heavy (non-hydrogen) atoms. The number of halogens is 1. The van der Waals surface area contributed by atoms with Gasteiger partial charge in [0.2, 0.25) is 0 Å². The highest BCUT2D eigenvalue weighted by Crippen LogP contribution is 2.53. The number of aryl methyl sites for hydroxylation is 1. The number of amides is 1. The summed E-state index contributed by atoms with van der Waals surface area (Å²) in [7, 11) is -2.96. The van der Waals surface area contributed by atoms with Gasteiger partial charge in [-0.3, -0.25) is 14.6 Å². The number of pyridine rings is 2. The second-order valence-corrected chi connectivity index (χ2v) is 23.9. The van der Waals surface area contributed by atoms with Crippen LogP contribution in [0, 0.1) is 11.3 Å². The molecule has 398 valence electrons. The predicted molar refractivity (Wildman–Crippen MR) is 283 cm³/mol. The molecule has 2 aromatic carbocycles. The number of anilines is 2. The lowest BCUT2D eigenvalue weighted by atomic mass is 9.59. The number of allylic oxidation sites excluding steroid dienone is 1. The molecule has 3 N–H and O–H groups in total. The molecule has 0 unspecified atom stereocenters. The van der Waals surface area contributed by atoms with Gasteiger partial charge in [-0.05, 0) is 129 Å². The van der Waals surface area contributed by atoms with Crippen molar-refractivity contribution >= 4 is 33.3 Å². The van der Waals surface area contributed by atoms with Gasteiger partial charge < -0.3 is 34.3 Å². The minimum absolute atomic E-state index is 0.0343. The first-order valence-electron chi connectivity index (χ1n) is 26.9. The number of aromatic nitrogens is 2. The normalized spacial score (nSPS) is 24.6. The molecule has 6 aliphatic rings. The van der Waals surface area contributed by atoms with E-state index in [9.17, 15) is 22.7 Å². The molecule has 0 bridgehead atoms. The number of methoxy groups -OCH3 is 1. The van der Waals surface area contributed by atoms with Crippen LogP contribution in [0.4, 0.5) is 15.9 Å². The molecule has 10 rings (SSSR count). The Morgan fingerprint density at radius 2 is 1.78 bits per heavy atom. The van der Waals surface area contributed by atoms with Gasteiger partial charge in [0.15, 0.2) is 5.75 Å². The Bertz CT molecular complexity index is 2810. The van der Waals surface area contributed by atoms with Crippen molar-refractivity contribution in [2.24, 2.45) is 11.3 Å². The van der Waals surface area contributed by atoms with Crippen LogP contribution in [-0.2, 0) is 32.3 Å². The van der Waals surface area contributed by atoms with Gasteiger partial charge in [0.1, 0.15) is 22.3 Å². The minimum Gasteiger partial charge on any atom is -0.478 e. The zero-order valence-electron chi connectivity index (χ0n) is 43.7. The molecular formula is C57H74FN7O8S. The van der Waals surface area contributed by atoms with Crippen molar-refractivity contribution in [2.45, 2.75) is 127 Å². The van der Waals surface area contributed by atoms with Crippen molar-refractivity contribution < 1.29 is 41.7 Å². The number of sulfonamides is 1. The first-order valence-corrected chi connectivity index (χ1v) is 28.4. The van der Waals surface area contributed by atoms with Gasteiger partial charge in [0, 0.05) is 87.8 Å². The Morgan fingerprint density at radius 1 is 1.00 bits per heavy atom. The van der Waals surface area contributed by atoms with E-state index in [-0.39, 0.29) is 51.0 Å². The number of hydrogen-bond donors (Lipinski definition) is 3. The molecule has 0 radical (unpaired) electrons. The van der Waals surface area contributed by atoms with Crippen LogP contribution in [-0.4, -0.2) is 130 Å². The standard InChI is InChI=1S/C57H74FN7O8S/c1-6-39-27-43(33-60-53(39)59-32-38-15-17-56(4,67)18-16-38)74(68,69)62-54(66)46-12-11-40(28-51(46)73-52-29-47-48(58)13-14-49(47)61-55(52)70-5)64-21-19-57(20-22-64)30-41(31-57)65-24-23-63(34-42-36-71-25-26-72-42)35-50(65)45-10-8-7-9-44(45)37(2)3/h7-13,27-29,33,37-38,41-42,50,67H,6,14-26,30-32,34-36H2,1-5H3,(H,59,60)(H,62,66)/t38?,42-,50+,56?/m1/s1. The van der Waals surface area contributed by atoms with Crippen molar-refractivity contribution in [1.29, 1.82) is 0 Å². The summed E-state index contributed by atoms with van der Waals surface area (Å²) in [4.78, 5) is 30.8. The number of ether oxygens (including phenoxy) is 4. The van der Waals surface area contributed by atoms with E-state index in [1.165, 1.54) is 36.6 Å². The summed E-state index contributed by atoms with van der Waals surface area (Å²) in [6.45, 7) is 16.4. The number of nitrogens with one attached hydrogen (secondary N) is 2. The van der Waals surface area contributed by atoms with Crippen molar-refractivity contribution in [3.63, 3.8) is 0 Å². The number of piperidine rings is 1. The Morgan fingerprint density at radius 3 is 2.51 bits per heavy atom. The molecule has 15 nitrogen and oxygen atoms in total. The Labute approximate surface area is 436 Å². The van der Waals surface area contributed by atoms with Gasteiger partial charge in [-0.25, -0.2) is 27.5 Å². The van der Waals surface area contributed by atoms with E-state index in [0.717, 1.165) is 96.3 Å². The number of hydrogen-bond acceptors (Lipinski definition) is 14. The molecule has 4 aromatic rings. The summed E-state index contributed by atoms with van der Waals surface area (Å²) in [5.41, 5.74) is 4.69. The van der Waals surface area contributed by atoms with Crippen molar-refractivity contribution in [2.75, 3.05) is 83.0 Å². The van der Waals surface area contributed by atoms with Crippen molar-refractivity contribution in [3.8, 4) is 17.4 Å². The average molecular weight is 1040 g/mol.